The lowest BCUT2D eigenvalue weighted by Gasteiger charge is -2.17. The van der Waals surface area contributed by atoms with Gasteiger partial charge in [-0.15, -0.1) is 10.2 Å². The monoisotopic (exact) mass is 386 g/mol. The standard InChI is InChI=1S/C21H18N6S/c1-3-26-17-9-4-5-10-18(17)28-19(26)12-11-15-14(2)25-27-20(15)23-24-21(27)16-8-6-7-13-22-16/h4-13H,3H2,1-2H3/b15-11-,19-12-. The van der Waals surface area contributed by atoms with Crippen molar-refractivity contribution >= 4 is 29.2 Å². The molecule has 0 unspecified atom stereocenters. The van der Waals surface area contributed by atoms with Crippen LogP contribution in [0.15, 0.2) is 64.7 Å². The van der Waals surface area contributed by atoms with Crippen LogP contribution >= 0.6 is 11.8 Å². The van der Waals surface area contributed by atoms with Crippen LogP contribution in [-0.2, 0) is 0 Å². The fraction of sp³-hybridized carbons (Fsp3) is 0.143. The predicted octanol–water partition coefficient (Wildman–Crippen LogP) is 3.47. The molecule has 28 heavy (non-hydrogen) atoms. The first-order chi connectivity index (χ1) is 13.8. The molecule has 0 saturated heterocycles. The van der Waals surface area contributed by atoms with E-state index >= 15 is 0 Å². The van der Waals surface area contributed by atoms with Crippen molar-refractivity contribution in [2.75, 3.05) is 11.4 Å². The Hall–Kier alpha value is -3.19. The highest BCUT2D eigenvalue weighted by Crippen LogP contribution is 2.45. The number of allylic oxidation sites excluding steroid dienone is 1. The number of hydrogen-bond acceptors (Lipinski definition) is 6. The molecule has 138 valence electrons. The van der Waals surface area contributed by atoms with Gasteiger partial charge in [0.1, 0.15) is 5.69 Å². The van der Waals surface area contributed by atoms with Gasteiger partial charge in [-0.3, -0.25) is 4.98 Å². The van der Waals surface area contributed by atoms with Crippen molar-refractivity contribution in [1.82, 2.24) is 24.8 Å². The predicted molar refractivity (Wildman–Crippen MR) is 112 cm³/mol. The Kier molecular flexibility index (Phi) is 4.09. The molecular weight excluding hydrogens is 368 g/mol. The smallest absolute Gasteiger partial charge is 0.203 e. The number of hydrogen-bond donors (Lipinski definition) is 0. The molecule has 5 rings (SSSR count). The number of fused-ring (bicyclic) bond motifs is 2. The zero-order valence-electron chi connectivity index (χ0n) is 15.6. The van der Waals surface area contributed by atoms with Crippen molar-refractivity contribution in [3.8, 4) is 11.5 Å². The van der Waals surface area contributed by atoms with Crippen LogP contribution in [-0.4, -0.2) is 31.3 Å². The van der Waals surface area contributed by atoms with Gasteiger partial charge in [0.2, 0.25) is 5.82 Å². The van der Waals surface area contributed by atoms with Gasteiger partial charge in [0.15, 0.2) is 5.65 Å². The number of thioether (sulfide) groups is 1. The van der Waals surface area contributed by atoms with Crippen LogP contribution in [0.5, 0.6) is 0 Å². The van der Waals surface area contributed by atoms with Gasteiger partial charge < -0.3 is 4.90 Å². The maximum Gasteiger partial charge on any atom is 0.203 e. The van der Waals surface area contributed by atoms with Gasteiger partial charge in [-0.2, -0.15) is 9.61 Å². The molecule has 4 heterocycles. The van der Waals surface area contributed by atoms with Crippen molar-refractivity contribution < 1.29 is 0 Å². The number of aromatic nitrogens is 5. The number of rotatable bonds is 3. The highest BCUT2D eigenvalue weighted by molar-refractivity contribution is 8.03. The van der Waals surface area contributed by atoms with Crippen molar-refractivity contribution in [2.45, 2.75) is 18.7 Å². The largest absolute Gasteiger partial charge is 0.335 e. The molecule has 0 fully saturated rings. The molecule has 1 aliphatic heterocycles. The zero-order valence-corrected chi connectivity index (χ0v) is 16.4. The minimum absolute atomic E-state index is 0.656. The average Bonchev–Trinajstić information content (AvgIpc) is 3.38. The first kappa shape index (κ1) is 16.9. The maximum absolute atomic E-state index is 4.64. The van der Waals surface area contributed by atoms with E-state index in [0.717, 1.165) is 28.8 Å². The van der Waals surface area contributed by atoms with Crippen molar-refractivity contribution in [1.29, 1.82) is 0 Å². The molecule has 0 saturated carbocycles. The molecule has 0 bridgehead atoms. The summed E-state index contributed by atoms with van der Waals surface area (Å²) in [4.78, 5) is 7.97. The summed E-state index contributed by atoms with van der Waals surface area (Å²) in [5, 5.41) is 15.5. The highest BCUT2D eigenvalue weighted by Gasteiger charge is 2.22. The normalized spacial score (nSPS) is 15.7. The summed E-state index contributed by atoms with van der Waals surface area (Å²) < 4.78 is 1.77. The summed E-state index contributed by atoms with van der Waals surface area (Å²) in [6, 6.07) is 14.2. The molecular formula is C21H18N6S. The van der Waals surface area contributed by atoms with Crippen molar-refractivity contribution in [3.05, 3.63) is 70.7 Å². The molecule has 0 N–H and O–H groups in total. The van der Waals surface area contributed by atoms with E-state index in [4.69, 9.17) is 0 Å². The van der Waals surface area contributed by atoms with Crippen LogP contribution < -0.4 is 10.1 Å². The summed E-state index contributed by atoms with van der Waals surface area (Å²) in [5.41, 5.74) is 3.69. The fourth-order valence-electron chi connectivity index (χ4n) is 3.42. The molecule has 1 aliphatic rings. The van der Waals surface area contributed by atoms with Crippen LogP contribution in [0.3, 0.4) is 0 Å². The first-order valence-corrected chi connectivity index (χ1v) is 9.97. The van der Waals surface area contributed by atoms with Gasteiger partial charge in [0.05, 0.1) is 16.4 Å². The van der Waals surface area contributed by atoms with Gasteiger partial charge in [0, 0.05) is 22.9 Å². The molecule has 0 radical (unpaired) electrons. The molecule has 7 heteroatoms. The van der Waals surface area contributed by atoms with E-state index in [-0.39, 0.29) is 0 Å². The lowest BCUT2D eigenvalue weighted by Crippen LogP contribution is -2.16. The summed E-state index contributed by atoms with van der Waals surface area (Å²) >= 11 is 1.79. The first-order valence-electron chi connectivity index (χ1n) is 9.16. The zero-order chi connectivity index (χ0) is 19.1. The lowest BCUT2D eigenvalue weighted by molar-refractivity contribution is 0.930. The molecule has 4 aromatic rings. The molecule has 0 amide bonds. The fourth-order valence-corrected chi connectivity index (χ4v) is 4.54. The third-order valence-electron chi connectivity index (χ3n) is 4.76. The Balaban J connectivity index is 1.59. The van der Waals surface area contributed by atoms with E-state index in [1.165, 1.54) is 15.6 Å². The van der Waals surface area contributed by atoms with Gasteiger partial charge >= 0.3 is 0 Å². The van der Waals surface area contributed by atoms with E-state index in [1.807, 2.05) is 25.1 Å². The van der Waals surface area contributed by atoms with E-state index in [9.17, 15) is 0 Å². The third kappa shape index (κ3) is 2.66. The SMILES string of the molecule is CCN1/C(=C/C=c2/c(C)nn3c(-c4ccccn4)nnc23)Sc2ccccc21. The average molecular weight is 386 g/mol. The number of anilines is 1. The van der Waals surface area contributed by atoms with Crippen molar-refractivity contribution in [3.63, 3.8) is 0 Å². The van der Waals surface area contributed by atoms with Crippen LogP contribution in [0.2, 0.25) is 0 Å². The number of benzene rings is 1. The minimum Gasteiger partial charge on any atom is -0.335 e. The second kappa shape index (κ2) is 6.76. The van der Waals surface area contributed by atoms with Gasteiger partial charge in [-0.1, -0.05) is 30.0 Å². The Morgan fingerprint density at radius 2 is 1.89 bits per heavy atom. The van der Waals surface area contributed by atoms with Crippen LogP contribution in [0, 0.1) is 6.92 Å². The van der Waals surface area contributed by atoms with Crippen LogP contribution in [0.25, 0.3) is 23.2 Å². The van der Waals surface area contributed by atoms with Gasteiger partial charge in [-0.25, -0.2) is 0 Å². The van der Waals surface area contributed by atoms with Gasteiger partial charge in [-0.05, 0) is 50.3 Å². The van der Waals surface area contributed by atoms with Crippen LogP contribution in [0.1, 0.15) is 12.6 Å². The van der Waals surface area contributed by atoms with E-state index < -0.39 is 0 Å². The second-order valence-corrected chi connectivity index (χ2v) is 7.52. The second-order valence-electron chi connectivity index (χ2n) is 6.46. The summed E-state index contributed by atoms with van der Waals surface area (Å²) in [6.07, 6.45) is 5.98. The highest BCUT2D eigenvalue weighted by atomic mass is 32.2. The number of nitrogens with zero attached hydrogens (tertiary/aromatic N) is 6. The van der Waals surface area contributed by atoms with E-state index in [1.54, 1.807) is 22.5 Å². The Morgan fingerprint density at radius 3 is 2.71 bits per heavy atom. The topological polar surface area (TPSA) is 59.2 Å². The Morgan fingerprint density at radius 1 is 1.04 bits per heavy atom. The molecule has 1 aromatic carbocycles. The number of pyridine rings is 1. The Bertz CT molecular complexity index is 1240. The summed E-state index contributed by atoms with van der Waals surface area (Å²) in [6.45, 7) is 5.09. The number of aryl methyl sites for hydroxylation is 1. The van der Waals surface area contributed by atoms with Crippen LogP contribution in [0.4, 0.5) is 5.69 Å². The summed E-state index contributed by atoms with van der Waals surface area (Å²) in [7, 11) is 0. The lowest BCUT2D eigenvalue weighted by atomic mass is 10.3. The molecule has 0 spiro atoms. The molecule has 6 nitrogen and oxygen atoms in total. The van der Waals surface area contributed by atoms with E-state index in [0.29, 0.717) is 5.82 Å². The third-order valence-corrected chi connectivity index (χ3v) is 5.89. The van der Waals surface area contributed by atoms with Crippen molar-refractivity contribution in [2.24, 2.45) is 0 Å². The van der Waals surface area contributed by atoms with E-state index in [2.05, 4.69) is 68.5 Å². The summed E-state index contributed by atoms with van der Waals surface area (Å²) in [5.74, 6) is 0.656. The number of para-hydroxylation sites is 1. The quantitative estimate of drug-likeness (QED) is 0.537. The maximum atomic E-state index is 4.64. The molecule has 0 atom stereocenters. The van der Waals surface area contributed by atoms with Gasteiger partial charge in [0.25, 0.3) is 0 Å². The molecule has 3 aromatic heterocycles. The Labute approximate surface area is 166 Å². The minimum atomic E-state index is 0.656. The molecule has 0 aliphatic carbocycles.